The van der Waals surface area contributed by atoms with Crippen molar-refractivity contribution in [3.05, 3.63) is 29.8 Å². The van der Waals surface area contributed by atoms with Crippen molar-refractivity contribution in [2.75, 3.05) is 26.1 Å². The third-order valence-electron chi connectivity index (χ3n) is 4.23. The van der Waals surface area contributed by atoms with E-state index in [0.29, 0.717) is 6.61 Å². The molecule has 0 saturated heterocycles. The van der Waals surface area contributed by atoms with E-state index in [1.54, 1.807) is 13.8 Å². The molecule has 0 heterocycles. The first-order chi connectivity index (χ1) is 18.4. The van der Waals surface area contributed by atoms with E-state index in [0.717, 1.165) is 25.6 Å². The van der Waals surface area contributed by atoms with Crippen molar-refractivity contribution in [1.29, 1.82) is 0 Å². The summed E-state index contributed by atoms with van der Waals surface area (Å²) in [7, 11) is 5.90. The van der Waals surface area contributed by atoms with Crippen LogP contribution in [-0.2, 0) is 20.5 Å². The highest BCUT2D eigenvalue weighted by Crippen LogP contribution is 2.22. The van der Waals surface area contributed by atoms with E-state index in [9.17, 15) is 9.59 Å². The molecule has 0 aromatic heterocycles. The van der Waals surface area contributed by atoms with Crippen molar-refractivity contribution in [3.8, 4) is 0 Å². The van der Waals surface area contributed by atoms with Gasteiger partial charge in [0.05, 0.1) is 20.5 Å². The average Bonchev–Trinajstić information content (AvgIpc) is 2.93. The third-order valence-corrected chi connectivity index (χ3v) is 4.72. The van der Waals surface area contributed by atoms with Crippen LogP contribution in [0.15, 0.2) is 24.3 Å². The van der Waals surface area contributed by atoms with Gasteiger partial charge >= 0.3 is 8.60 Å². The molecule has 0 fully saturated rings. The molecule has 10 nitrogen and oxygen atoms in total. The molecule has 0 aliphatic carbocycles. The second kappa shape index (κ2) is 34.4. The second-order valence-corrected chi connectivity index (χ2v) is 8.45. The Hall–Kier alpha value is -1.59. The number of hydrogen-bond acceptors (Lipinski definition) is 8. The maximum atomic E-state index is 12.1. The molecule has 1 aromatic carbocycles. The molecule has 0 saturated carbocycles. The lowest BCUT2D eigenvalue weighted by atomic mass is 10.00. The van der Waals surface area contributed by atoms with Crippen molar-refractivity contribution >= 4 is 34.0 Å². The van der Waals surface area contributed by atoms with Crippen molar-refractivity contribution in [2.24, 2.45) is 11.7 Å². The molecule has 12 heteroatoms. The van der Waals surface area contributed by atoms with E-state index in [1.165, 1.54) is 5.56 Å². The quantitative estimate of drug-likeness (QED) is 0.164. The average molecular weight is 577 g/mol. The van der Waals surface area contributed by atoms with Crippen LogP contribution in [0.25, 0.3) is 0 Å². The Kier molecular flexibility index (Phi) is 41.7. The molecule has 0 bridgehead atoms. The number of benzene rings is 1. The number of rotatable bonds is 10. The van der Waals surface area contributed by atoms with Crippen molar-refractivity contribution in [1.82, 2.24) is 10.6 Å². The molecule has 230 valence electrons. The van der Waals surface area contributed by atoms with Crippen LogP contribution in [0.5, 0.6) is 0 Å². The molecular formula is C27H58BN4O6P. The molecule has 0 spiro atoms. The summed E-state index contributed by atoms with van der Waals surface area (Å²) in [6.45, 7) is 19.5. The van der Waals surface area contributed by atoms with Gasteiger partial charge in [0, 0.05) is 12.8 Å². The maximum absolute atomic E-state index is 12.1. The lowest BCUT2D eigenvalue weighted by Gasteiger charge is -2.19. The molecule has 1 aromatic rings. The summed E-state index contributed by atoms with van der Waals surface area (Å²) in [5.41, 5.74) is 7.72. The third kappa shape index (κ3) is 32.5. The zero-order valence-electron chi connectivity index (χ0n) is 26.4. The molecular weight excluding hydrogens is 518 g/mol. The fourth-order valence-electron chi connectivity index (χ4n) is 2.09. The SMILES string of the molecule is CC.CC.CCCc1ccc(NC(=O)C(C)NC(=O)C(N)C(C)C)cc1.CCOP(O)O.CO.[B]C(C)NC. The molecule has 0 aliphatic rings. The van der Waals surface area contributed by atoms with Crippen LogP contribution >= 0.6 is 8.60 Å². The zero-order chi connectivity index (χ0) is 32.0. The van der Waals surface area contributed by atoms with E-state index < -0.39 is 20.7 Å². The number of carbonyl (C=O) groups excluding carboxylic acids is 2. The molecule has 1 rings (SSSR count). The molecule has 2 radical (unpaired) electrons. The number of aliphatic hydroxyl groups excluding tert-OH is 1. The van der Waals surface area contributed by atoms with Crippen molar-refractivity contribution < 1.29 is 29.0 Å². The smallest absolute Gasteiger partial charge is 0.327 e. The largest absolute Gasteiger partial charge is 0.400 e. The Morgan fingerprint density at radius 1 is 0.974 bits per heavy atom. The molecule has 39 heavy (non-hydrogen) atoms. The van der Waals surface area contributed by atoms with Gasteiger partial charge in [-0.15, -0.1) is 0 Å². The Morgan fingerprint density at radius 3 is 1.69 bits per heavy atom. The summed E-state index contributed by atoms with van der Waals surface area (Å²) in [5, 5.41) is 15.2. The standard InChI is InChI=1S/C17H27N3O2.C3H8BN.C2H7O3P.2C2H6.CH4O/c1-5-6-13-7-9-14(10-8-13)20-16(21)12(4)19-17(22)15(18)11(2)3;1-3(4)5-2;1-2-5-6(3)4;3*1-2/h7-12,15H,5-6,18H2,1-4H3,(H,19,22)(H,20,21);3,5H,1-2H3;3-4H,2H2,1H3;2*1-2H3;2H,1H3. The molecule has 2 amide bonds. The predicted molar refractivity (Wildman–Crippen MR) is 168 cm³/mol. The fraction of sp³-hybridized carbons (Fsp3) is 0.704. The van der Waals surface area contributed by atoms with Crippen molar-refractivity contribution in [3.63, 3.8) is 0 Å². The van der Waals surface area contributed by atoms with Gasteiger partial charge in [0.15, 0.2) is 0 Å². The fourth-order valence-corrected chi connectivity index (χ4v) is 2.32. The molecule has 8 N–H and O–H groups in total. The summed E-state index contributed by atoms with van der Waals surface area (Å²) in [6, 6.07) is 6.50. The second-order valence-electron chi connectivity index (χ2n) is 7.68. The minimum Gasteiger partial charge on any atom is -0.400 e. The van der Waals surface area contributed by atoms with Gasteiger partial charge in [-0.25, -0.2) is 0 Å². The number of nitrogens with one attached hydrogen (secondary N) is 3. The van der Waals surface area contributed by atoms with Gasteiger partial charge in [0.2, 0.25) is 11.8 Å². The van der Waals surface area contributed by atoms with Crippen molar-refractivity contribution in [2.45, 2.75) is 100 Å². The van der Waals surface area contributed by atoms with Gasteiger partial charge in [-0.2, -0.15) is 0 Å². The summed E-state index contributed by atoms with van der Waals surface area (Å²) in [6.07, 6.45) is 2.11. The van der Waals surface area contributed by atoms with Gasteiger partial charge < -0.3 is 41.1 Å². The Morgan fingerprint density at radius 2 is 1.41 bits per heavy atom. The minimum atomic E-state index is -2.10. The van der Waals surface area contributed by atoms with E-state index >= 15 is 0 Å². The normalized spacial score (nSPS) is 11.5. The van der Waals surface area contributed by atoms with E-state index in [-0.39, 0.29) is 23.7 Å². The number of amides is 2. The van der Waals surface area contributed by atoms with Crippen LogP contribution in [0.1, 0.15) is 81.2 Å². The lowest BCUT2D eigenvalue weighted by Crippen LogP contribution is -2.50. The van der Waals surface area contributed by atoms with Gasteiger partial charge in [-0.05, 0) is 56.9 Å². The number of nitrogens with two attached hydrogens (primary N) is 1. The highest BCUT2D eigenvalue weighted by Gasteiger charge is 2.22. The van der Waals surface area contributed by atoms with Crippen LogP contribution in [-0.4, -0.2) is 73.3 Å². The summed E-state index contributed by atoms with van der Waals surface area (Å²) >= 11 is 0. The van der Waals surface area contributed by atoms with Crippen LogP contribution in [0.4, 0.5) is 5.69 Å². The number of aryl methyl sites for hydroxylation is 1. The summed E-state index contributed by atoms with van der Waals surface area (Å²) < 4.78 is 4.22. The van der Waals surface area contributed by atoms with Gasteiger partial charge in [-0.1, -0.05) is 73.9 Å². The Bertz CT molecular complexity index is 654. The highest BCUT2D eigenvalue weighted by molar-refractivity contribution is 7.39. The first-order valence-electron chi connectivity index (χ1n) is 13.5. The zero-order valence-corrected chi connectivity index (χ0v) is 27.3. The van der Waals surface area contributed by atoms with Gasteiger partial charge in [0.25, 0.3) is 0 Å². The molecule has 3 atom stereocenters. The number of aliphatic hydroxyl groups is 1. The lowest BCUT2D eigenvalue weighted by molar-refractivity contribution is -0.127. The van der Waals surface area contributed by atoms with E-state index in [2.05, 4.69) is 27.4 Å². The number of carbonyl (C=O) groups is 2. The number of hydrogen-bond donors (Lipinski definition) is 7. The van der Waals surface area contributed by atoms with Crippen LogP contribution in [0.3, 0.4) is 0 Å². The maximum Gasteiger partial charge on any atom is 0.327 e. The topological polar surface area (TPSA) is 166 Å². The number of anilines is 1. The minimum absolute atomic E-state index is 0.0290. The van der Waals surface area contributed by atoms with Crippen LogP contribution in [0.2, 0.25) is 0 Å². The molecule has 0 aliphatic heterocycles. The first kappa shape index (κ1) is 47.2. The highest BCUT2D eigenvalue weighted by atomic mass is 31.2. The summed E-state index contributed by atoms with van der Waals surface area (Å²) in [4.78, 5) is 39.8. The van der Waals surface area contributed by atoms with Crippen LogP contribution < -0.4 is 21.7 Å². The van der Waals surface area contributed by atoms with Crippen LogP contribution in [0, 0.1) is 5.92 Å². The van der Waals surface area contributed by atoms with E-state index in [4.69, 9.17) is 28.5 Å². The Balaban J connectivity index is -0.000000186. The predicted octanol–water partition coefficient (Wildman–Crippen LogP) is 3.68. The monoisotopic (exact) mass is 576 g/mol. The van der Waals surface area contributed by atoms with E-state index in [1.807, 2.05) is 79.8 Å². The Labute approximate surface area is 241 Å². The first-order valence-corrected chi connectivity index (χ1v) is 14.7. The van der Waals surface area contributed by atoms with Gasteiger partial charge in [-0.3, -0.25) is 9.59 Å². The van der Waals surface area contributed by atoms with Gasteiger partial charge in [0.1, 0.15) is 6.04 Å². The molecule has 3 unspecified atom stereocenters. The summed E-state index contributed by atoms with van der Waals surface area (Å²) in [5.74, 6) is -0.403.